The van der Waals surface area contributed by atoms with Gasteiger partial charge in [0.05, 0.1) is 12.7 Å². The molecule has 2 aromatic rings. The van der Waals surface area contributed by atoms with Crippen LogP contribution in [-0.4, -0.2) is 13.1 Å². The Balaban J connectivity index is 2.44. The molecule has 0 spiro atoms. The molecule has 0 aliphatic heterocycles. The third kappa shape index (κ3) is 2.75. The molecule has 0 aliphatic rings. The second-order valence-corrected chi connectivity index (χ2v) is 4.58. The van der Waals surface area contributed by atoms with Gasteiger partial charge in [-0.25, -0.2) is 9.18 Å². The van der Waals surface area contributed by atoms with Crippen molar-refractivity contribution in [2.75, 3.05) is 7.11 Å². The number of aryl methyl sites for hydroxylation is 1. The van der Waals surface area contributed by atoms with Gasteiger partial charge >= 0.3 is 5.97 Å². The van der Waals surface area contributed by atoms with Crippen molar-refractivity contribution in [2.45, 2.75) is 26.2 Å². The van der Waals surface area contributed by atoms with Crippen molar-refractivity contribution in [3.8, 4) is 0 Å². The van der Waals surface area contributed by atoms with Gasteiger partial charge in [-0.1, -0.05) is 37.6 Å². The highest BCUT2D eigenvalue weighted by atomic mass is 19.1. The Hall–Kier alpha value is -1.90. The molecule has 0 amide bonds. The zero-order chi connectivity index (χ0) is 13.8. The zero-order valence-corrected chi connectivity index (χ0v) is 11.2. The number of esters is 1. The van der Waals surface area contributed by atoms with Crippen molar-refractivity contribution in [3.05, 3.63) is 47.3 Å². The third-order valence-electron chi connectivity index (χ3n) is 3.24. The normalized spacial score (nSPS) is 10.7. The van der Waals surface area contributed by atoms with Gasteiger partial charge in [-0.3, -0.25) is 0 Å². The Morgan fingerprint density at radius 1 is 1.26 bits per heavy atom. The average Bonchev–Trinajstić information content (AvgIpc) is 2.44. The minimum atomic E-state index is -0.644. The fraction of sp³-hybridized carbons (Fsp3) is 0.312. The second-order valence-electron chi connectivity index (χ2n) is 4.58. The summed E-state index contributed by atoms with van der Waals surface area (Å²) >= 11 is 0. The summed E-state index contributed by atoms with van der Waals surface area (Å²) < 4.78 is 18.8. The Morgan fingerprint density at radius 2 is 2.05 bits per heavy atom. The van der Waals surface area contributed by atoms with Crippen molar-refractivity contribution < 1.29 is 13.9 Å². The number of ether oxygens (including phenoxy) is 1. The molecule has 100 valence electrons. The molecule has 0 aliphatic carbocycles. The maximum Gasteiger partial charge on any atom is 0.340 e. The number of rotatable bonds is 4. The van der Waals surface area contributed by atoms with Gasteiger partial charge in [0.1, 0.15) is 5.82 Å². The molecule has 2 aromatic carbocycles. The molecule has 0 N–H and O–H groups in total. The smallest absolute Gasteiger partial charge is 0.340 e. The molecule has 2 rings (SSSR count). The van der Waals surface area contributed by atoms with Gasteiger partial charge in [0.15, 0.2) is 0 Å². The van der Waals surface area contributed by atoms with E-state index in [1.807, 2.05) is 12.1 Å². The number of benzene rings is 2. The second kappa shape index (κ2) is 5.83. The summed E-state index contributed by atoms with van der Waals surface area (Å²) in [5.74, 6) is -1.15. The lowest BCUT2D eigenvalue weighted by Gasteiger charge is -2.07. The molecule has 19 heavy (non-hydrogen) atoms. The van der Waals surface area contributed by atoms with Gasteiger partial charge in [-0.15, -0.1) is 0 Å². The van der Waals surface area contributed by atoms with Gasteiger partial charge in [0.25, 0.3) is 0 Å². The number of hydrogen-bond donors (Lipinski definition) is 0. The Labute approximate surface area is 112 Å². The molecule has 0 fully saturated rings. The van der Waals surface area contributed by atoms with Gasteiger partial charge in [-0.2, -0.15) is 0 Å². The van der Waals surface area contributed by atoms with Crippen LogP contribution in [0.25, 0.3) is 10.8 Å². The van der Waals surface area contributed by atoms with Crippen molar-refractivity contribution in [1.82, 2.24) is 0 Å². The van der Waals surface area contributed by atoms with Gasteiger partial charge in [-0.05, 0) is 29.9 Å². The summed E-state index contributed by atoms with van der Waals surface area (Å²) in [5.41, 5.74) is 1.18. The molecule has 0 saturated heterocycles. The topological polar surface area (TPSA) is 26.3 Å². The van der Waals surface area contributed by atoms with Crippen LogP contribution in [0.3, 0.4) is 0 Å². The molecular weight excluding hydrogens is 243 g/mol. The van der Waals surface area contributed by atoms with E-state index in [-0.39, 0.29) is 5.56 Å². The highest BCUT2D eigenvalue weighted by molar-refractivity contribution is 5.96. The van der Waals surface area contributed by atoms with Crippen LogP contribution in [0.15, 0.2) is 30.3 Å². The highest BCUT2D eigenvalue weighted by Gasteiger charge is 2.14. The summed E-state index contributed by atoms with van der Waals surface area (Å²) in [6.07, 6.45) is 3.24. The number of hydrogen-bond acceptors (Lipinski definition) is 2. The molecule has 0 radical (unpaired) electrons. The fourth-order valence-corrected chi connectivity index (χ4v) is 2.15. The summed E-state index contributed by atoms with van der Waals surface area (Å²) in [7, 11) is 1.25. The van der Waals surface area contributed by atoms with Crippen LogP contribution in [-0.2, 0) is 11.2 Å². The van der Waals surface area contributed by atoms with E-state index in [0.717, 1.165) is 24.6 Å². The number of fused-ring (bicyclic) bond motifs is 1. The Bertz CT molecular complexity index is 605. The summed E-state index contributed by atoms with van der Waals surface area (Å²) in [5, 5.41) is 1.28. The molecular formula is C16H17FO2. The van der Waals surface area contributed by atoms with Crippen molar-refractivity contribution in [1.29, 1.82) is 0 Å². The summed E-state index contributed by atoms with van der Waals surface area (Å²) in [6, 6.07) is 8.88. The minimum absolute atomic E-state index is 0.0173. The number of carbonyl (C=O) groups is 1. The van der Waals surface area contributed by atoms with E-state index in [1.54, 1.807) is 12.1 Å². The minimum Gasteiger partial charge on any atom is -0.465 e. The van der Waals surface area contributed by atoms with E-state index in [1.165, 1.54) is 18.7 Å². The number of methoxy groups -OCH3 is 1. The SMILES string of the molecule is CCCCc1ccc2c(F)c(C(=O)OC)ccc2c1. The predicted octanol–water partition coefficient (Wildman–Crippen LogP) is 4.11. The van der Waals surface area contributed by atoms with Crippen LogP contribution in [0.5, 0.6) is 0 Å². The third-order valence-corrected chi connectivity index (χ3v) is 3.24. The lowest BCUT2D eigenvalue weighted by atomic mass is 10.0. The first-order valence-electron chi connectivity index (χ1n) is 6.46. The molecule has 3 heteroatoms. The highest BCUT2D eigenvalue weighted by Crippen LogP contribution is 2.23. The van der Waals surface area contributed by atoms with Crippen LogP contribution in [0.1, 0.15) is 35.7 Å². The summed E-state index contributed by atoms with van der Waals surface area (Å²) in [4.78, 5) is 11.4. The van der Waals surface area contributed by atoms with Crippen molar-refractivity contribution in [3.63, 3.8) is 0 Å². The number of carbonyl (C=O) groups excluding carboxylic acids is 1. The van der Waals surface area contributed by atoms with E-state index in [2.05, 4.69) is 11.7 Å². The molecule has 0 aromatic heterocycles. The lowest BCUT2D eigenvalue weighted by Crippen LogP contribution is -2.04. The zero-order valence-electron chi connectivity index (χ0n) is 11.2. The van der Waals surface area contributed by atoms with Gasteiger partial charge in [0, 0.05) is 5.39 Å². The molecule has 0 heterocycles. The van der Waals surface area contributed by atoms with E-state index < -0.39 is 11.8 Å². The van der Waals surface area contributed by atoms with E-state index in [9.17, 15) is 9.18 Å². The first-order valence-corrected chi connectivity index (χ1v) is 6.46. The standard InChI is InChI=1S/C16H17FO2/c1-3-4-5-11-6-8-13-12(10-11)7-9-14(15(13)17)16(18)19-2/h6-10H,3-5H2,1-2H3. The van der Waals surface area contributed by atoms with Gasteiger partial charge in [0.2, 0.25) is 0 Å². The van der Waals surface area contributed by atoms with Crippen LogP contribution < -0.4 is 0 Å². The molecule has 0 unspecified atom stereocenters. The van der Waals surface area contributed by atoms with Gasteiger partial charge < -0.3 is 4.74 Å². The monoisotopic (exact) mass is 260 g/mol. The molecule has 0 bridgehead atoms. The summed E-state index contributed by atoms with van der Waals surface area (Å²) in [6.45, 7) is 2.14. The maximum atomic E-state index is 14.2. The first kappa shape index (κ1) is 13.5. The molecule has 0 saturated carbocycles. The lowest BCUT2D eigenvalue weighted by molar-refractivity contribution is 0.0596. The van der Waals surface area contributed by atoms with Crippen LogP contribution >= 0.6 is 0 Å². The maximum absolute atomic E-state index is 14.2. The number of halogens is 1. The van der Waals surface area contributed by atoms with Crippen molar-refractivity contribution in [2.24, 2.45) is 0 Å². The largest absolute Gasteiger partial charge is 0.465 e. The van der Waals surface area contributed by atoms with E-state index in [4.69, 9.17) is 0 Å². The van der Waals surface area contributed by atoms with E-state index in [0.29, 0.717) is 5.39 Å². The van der Waals surface area contributed by atoms with E-state index >= 15 is 0 Å². The predicted molar refractivity (Wildman–Crippen MR) is 73.9 cm³/mol. The van der Waals surface area contributed by atoms with Crippen molar-refractivity contribution >= 4 is 16.7 Å². The fourth-order valence-electron chi connectivity index (χ4n) is 2.15. The molecule has 0 atom stereocenters. The Kier molecular flexibility index (Phi) is 4.15. The first-order chi connectivity index (χ1) is 9.17. The average molecular weight is 260 g/mol. The number of unbranched alkanes of at least 4 members (excludes halogenated alkanes) is 1. The molecule has 2 nitrogen and oxygen atoms in total. The quantitative estimate of drug-likeness (QED) is 0.773. The Morgan fingerprint density at radius 3 is 2.74 bits per heavy atom. The van der Waals surface area contributed by atoms with Crippen LogP contribution in [0.4, 0.5) is 4.39 Å². The van der Waals surface area contributed by atoms with Crippen LogP contribution in [0, 0.1) is 5.82 Å². The van der Waals surface area contributed by atoms with Crippen LogP contribution in [0.2, 0.25) is 0 Å².